The van der Waals surface area contributed by atoms with Gasteiger partial charge in [-0.15, -0.1) is 0 Å². The van der Waals surface area contributed by atoms with Gasteiger partial charge in [-0.2, -0.15) is 0 Å². The van der Waals surface area contributed by atoms with Crippen molar-refractivity contribution >= 4 is 0 Å². The van der Waals surface area contributed by atoms with Gasteiger partial charge in [0.05, 0.1) is 6.61 Å². The summed E-state index contributed by atoms with van der Waals surface area (Å²) in [6.45, 7) is 5.47. The average Bonchev–Trinajstić information content (AvgIpc) is 2.19. The zero-order chi connectivity index (χ0) is 10.4. The van der Waals surface area contributed by atoms with Crippen molar-refractivity contribution in [3.63, 3.8) is 0 Å². The van der Waals surface area contributed by atoms with E-state index in [0.29, 0.717) is 24.9 Å². The molecule has 1 heterocycles. The van der Waals surface area contributed by atoms with E-state index in [1.54, 1.807) is 6.20 Å². The minimum atomic E-state index is 0.506. The van der Waals surface area contributed by atoms with E-state index >= 15 is 0 Å². The van der Waals surface area contributed by atoms with E-state index in [0.717, 1.165) is 6.42 Å². The highest BCUT2D eigenvalue weighted by Crippen LogP contribution is 2.12. The molecule has 3 heteroatoms. The summed E-state index contributed by atoms with van der Waals surface area (Å²) in [6.07, 6.45) is 2.77. The predicted octanol–water partition coefficient (Wildman–Crippen LogP) is 1.62. The molecule has 0 aliphatic carbocycles. The number of nitrogens with two attached hydrogens (primary N) is 1. The number of hydrogen-bond donors (Lipinski definition) is 1. The first kappa shape index (κ1) is 11.0. The Bertz CT molecular complexity index is 276. The van der Waals surface area contributed by atoms with Crippen molar-refractivity contribution in [2.75, 3.05) is 13.2 Å². The summed E-state index contributed by atoms with van der Waals surface area (Å²) in [5.74, 6) is 1.21. The molecule has 3 nitrogen and oxygen atoms in total. The Balaban J connectivity index is 2.63. The Morgan fingerprint density at radius 2 is 2.36 bits per heavy atom. The fourth-order valence-electron chi connectivity index (χ4n) is 1.29. The van der Waals surface area contributed by atoms with Crippen molar-refractivity contribution in [3.8, 4) is 5.88 Å². The first-order valence-corrected chi connectivity index (χ1v) is 5.04. The summed E-state index contributed by atoms with van der Waals surface area (Å²) < 4.78 is 5.32. The highest BCUT2D eigenvalue weighted by Gasteiger charge is 2.02. The van der Waals surface area contributed by atoms with Gasteiger partial charge in [-0.05, 0) is 37.4 Å². The first-order chi connectivity index (χ1) is 6.76. The number of nitrogens with zero attached hydrogens (tertiary/aromatic N) is 1. The van der Waals surface area contributed by atoms with Crippen molar-refractivity contribution in [1.29, 1.82) is 0 Å². The second-order valence-electron chi connectivity index (χ2n) is 3.48. The van der Waals surface area contributed by atoms with Gasteiger partial charge in [0, 0.05) is 12.3 Å². The standard InChI is InChI=1S/C11H18N2O/c1-3-14-11-7-10(4-5-13-11)6-9(2)8-12/h4-5,7,9H,3,6,8,12H2,1-2H3. The van der Waals surface area contributed by atoms with Crippen LogP contribution in [0.15, 0.2) is 18.3 Å². The van der Waals surface area contributed by atoms with E-state index in [2.05, 4.69) is 11.9 Å². The molecule has 0 radical (unpaired) electrons. The van der Waals surface area contributed by atoms with Crippen LogP contribution in [-0.4, -0.2) is 18.1 Å². The molecular formula is C11H18N2O. The third-order valence-electron chi connectivity index (χ3n) is 2.08. The van der Waals surface area contributed by atoms with E-state index in [4.69, 9.17) is 10.5 Å². The molecule has 1 unspecified atom stereocenters. The highest BCUT2D eigenvalue weighted by molar-refractivity contribution is 5.20. The average molecular weight is 194 g/mol. The lowest BCUT2D eigenvalue weighted by atomic mass is 10.0. The van der Waals surface area contributed by atoms with Crippen LogP contribution in [0.5, 0.6) is 5.88 Å². The van der Waals surface area contributed by atoms with Crippen LogP contribution in [0.25, 0.3) is 0 Å². The van der Waals surface area contributed by atoms with E-state index in [-0.39, 0.29) is 0 Å². The van der Waals surface area contributed by atoms with Crippen LogP contribution in [-0.2, 0) is 6.42 Å². The highest BCUT2D eigenvalue weighted by atomic mass is 16.5. The Hall–Kier alpha value is -1.09. The Morgan fingerprint density at radius 1 is 1.57 bits per heavy atom. The summed E-state index contributed by atoms with van der Waals surface area (Å²) in [5, 5.41) is 0. The van der Waals surface area contributed by atoms with E-state index < -0.39 is 0 Å². The molecule has 0 bridgehead atoms. The Labute approximate surface area is 85.3 Å². The van der Waals surface area contributed by atoms with Crippen LogP contribution in [0.2, 0.25) is 0 Å². The molecule has 2 N–H and O–H groups in total. The molecule has 0 spiro atoms. The van der Waals surface area contributed by atoms with Gasteiger partial charge in [0.15, 0.2) is 0 Å². The van der Waals surface area contributed by atoms with Crippen LogP contribution < -0.4 is 10.5 Å². The second-order valence-corrected chi connectivity index (χ2v) is 3.48. The lowest BCUT2D eigenvalue weighted by Gasteiger charge is -2.09. The molecule has 1 aromatic rings. The lowest BCUT2D eigenvalue weighted by molar-refractivity contribution is 0.326. The third kappa shape index (κ3) is 3.34. The van der Waals surface area contributed by atoms with Crippen molar-refractivity contribution in [2.24, 2.45) is 11.7 Å². The van der Waals surface area contributed by atoms with Gasteiger partial charge < -0.3 is 10.5 Å². The number of pyridine rings is 1. The maximum absolute atomic E-state index is 5.57. The Kier molecular flexibility index (Phi) is 4.40. The van der Waals surface area contributed by atoms with Gasteiger partial charge in [-0.3, -0.25) is 0 Å². The summed E-state index contributed by atoms with van der Waals surface area (Å²) in [7, 11) is 0. The second kappa shape index (κ2) is 5.60. The Morgan fingerprint density at radius 3 is 3.00 bits per heavy atom. The van der Waals surface area contributed by atoms with Crippen molar-refractivity contribution < 1.29 is 4.74 Å². The smallest absolute Gasteiger partial charge is 0.213 e. The largest absolute Gasteiger partial charge is 0.478 e. The van der Waals surface area contributed by atoms with Crippen molar-refractivity contribution in [2.45, 2.75) is 20.3 Å². The van der Waals surface area contributed by atoms with Gasteiger partial charge >= 0.3 is 0 Å². The molecule has 0 aromatic carbocycles. The van der Waals surface area contributed by atoms with E-state index in [1.165, 1.54) is 5.56 Å². The fraction of sp³-hybridized carbons (Fsp3) is 0.545. The summed E-state index contributed by atoms with van der Waals surface area (Å²) >= 11 is 0. The van der Waals surface area contributed by atoms with Crippen LogP contribution in [0.4, 0.5) is 0 Å². The van der Waals surface area contributed by atoms with Gasteiger partial charge in [-0.25, -0.2) is 4.98 Å². The number of hydrogen-bond acceptors (Lipinski definition) is 3. The summed E-state index contributed by atoms with van der Waals surface area (Å²) in [5.41, 5.74) is 6.81. The molecule has 1 aromatic heterocycles. The maximum Gasteiger partial charge on any atom is 0.213 e. The number of ether oxygens (including phenoxy) is 1. The third-order valence-corrected chi connectivity index (χ3v) is 2.08. The number of rotatable bonds is 5. The van der Waals surface area contributed by atoms with Crippen LogP contribution in [0.3, 0.4) is 0 Å². The maximum atomic E-state index is 5.57. The topological polar surface area (TPSA) is 48.1 Å². The van der Waals surface area contributed by atoms with Gasteiger partial charge in [0.1, 0.15) is 0 Å². The van der Waals surface area contributed by atoms with E-state index in [1.807, 2.05) is 19.1 Å². The molecule has 1 atom stereocenters. The van der Waals surface area contributed by atoms with Crippen molar-refractivity contribution in [3.05, 3.63) is 23.9 Å². The SMILES string of the molecule is CCOc1cc(CC(C)CN)ccn1. The number of aromatic nitrogens is 1. The van der Waals surface area contributed by atoms with E-state index in [9.17, 15) is 0 Å². The van der Waals surface area contributed by atoms with Gasteiger partial charge in [0.2, 0.25) is 5.88 Å². The minimum absolute atomic E-state index is 0.506. The quantitative estimate of drug-likeness (QED) is 0.774. The first-order valence-electron chi connectivity index (χ1n) is 5.04. The molecule has 14 heavy (non-hydrogen) atoms. The normalized spacial score (nSPS) is 12.5. The minimum Gasteiger partial charge on any atom is -0.478 e. The molecule has 0 aliphatic heterocycles. The van der Waals surface area contributed by atoms with Gasteiger partial charge in [-0.1, -0.05) is 6.92 Å². The van der Waals surface area contributed by atoms with Crippen LogP contribution >= 0.6 is 0 Å². The molecular weight excluding hydrogens is 176 g/mol. The van der Waals surface area contributed by atoms with Crippen LogP contribution in [0.1, 0.15) is 19.4 Å². The van der Waals surface area contributed by atoms with Gasteiger partial charge in [0.25, 0.3) is 0 Å². The predicted molar refractivity (Wildman–Crippen MR) is 57.3 cm³/mol. The molecule has 1 rings (SSSR count). The molecule has 78 valence electrons. The molecule has 0 amide bonds. The lowest BCUT2D eigenvalue weighted by Crippen LogP contribution is -2.13. The zero-order valence-electron chi connectivity index (χ0n) is 8.86. The van der Waals surface area contributed by atoms with Crippen LogP contribution in [0, 0.1) is 5.92 Å². The molecule has 0 aliphatic rings. The fourth-order valence-corrected chi connectivity index (χ4v) is 1.29. The molecule has 0 saturated carbocycles. The molecule has 0 fully saturated rings. The monoisotopic (exact) mass is 194 g/mol. The van der Waals surface area contributed by atoms with Crippen molar-refractivity contribution in [1.82, 2.24) is 4.98 Å². The molecule has 0 saturated heterocycles. The summed E-state index contributed by atoms with van der Waals surface area (Å²) in [4.78, 5) is 4.11. The summed E-state index contributed by atoms with van der Waals surface area (Å²) in [6, 6.07) is 3.99. The zero-order valence-corrected chi connectivity index (χ0v) is 8.86.